The minimum absolute atomic E-state index is 0.162. The number of anilines is 1. The zero-order chi connectivity index (χ0) is 24.6. The molecule has 0 bridgehead atoms. The Hall–Kier alpha value is -3.44. The number of fused-ring (bicyclic) bond motifs is 1. The molecular weight excluding hydrogens is 481 g/mol. The van der Waals surface area contributed by atoms with Crippen LogP contribution in [0.4, 0.5) is 5.69 Å². The highest BCUT2D eigenvalue weighted by molar-refractivity contribution is 6.31. The lowest BCUT2D eigenvalue weighted by molar-refractivity contribution is -0.136. The molecule has 0 aromatic heterocycles. The van der Waals surface area contributed by atoms with Crippen LogP contribution >= 0.6 is 23.2 Å². The van der Waals surface area contributed by atoms with E-state index in [1.165, 1.54) is 4.90 Å². The Bertz CT molecular complexity index is 1420. The Labute approximate surface area is 213 Å². The quantitative estimate of drug-likeness (QED) is 0.300. The first-order chi connectivity index (χ1) is 16.9. The van der Waals surface area contributed by atoms with Crippen molar-refractivity contribution in [3.63, 3.8) is 0 Å². The van der Waals surface area contributed by atoms with Gasteiger partial charge in [-0.25, -0.2) is 0 Å². The SMILES string of the molecule is O=C(C[C@@]1(O)C(=O)N(Cc2ccccc2Cl)c2ccc(Cl)cc21)c1ccc(-c2ccccc2)cc1. The molecule has 1 heterocycles. The molecule has 0 radical (unpaired) electrons. The summed E-state index contributed by atoms with van der Waals surface area (Å²) in [5.41, 5.74) is 1.95. The largest absolute Gasteiger partial charge is 0.375 e. The van der Waals surface area contributed by atoms with Gasteiger partial charge in [0.15, 0.2) is 11.4 Å². The van der Waals surface area contributed by atoms with Crippen LogP contribution in [0.2, 0.25) is 10.0 Å². The van der Waals surface area contributed by atoms with E-state index in [-0.39, 0.29) is 12.3 Å². The van der Waals surface area contributed by atoms with Crippen LogP contribution in [-0.2, 0) is 16.9 Å². The maximum absolute atomic E-state index is 13.6. The lowest BCUT2D eigenvalue weighted by Crippen LogP contribution is -2.41. The summed E-state index contributed by atoms with van der Waals surface area (Å²) in [7, 11) is 0. The lowest BCUT2D eigenvalue weighted by atomic mass is 9.88. The minimum atomic E-state index is -2.03. The number of aliphatic hydroxyl groups is 1. The number of Topliss-reactive ketones (excluding diaryl/α,β-unsaturated/α-hetero) is 1. The predicted octanol–water partition coefficient (Wildman–Crippen LogP) is 6.67. The van der Waals surface area contributed by atoms with Gasteiger partial charge in [0.25, 0.3) is 5.91 Å². The van der Waals surface area contributed by atoms with Crippen LogP contribution in [0.3, 0.4) is 0 Å². The van der Waals surface area contributed by atoms with Gasteiger partial charge in [-0.15, -0.1) is 0 Å². The van der Waals surface area contributed by atoms with Gasteiger partial charge in [0.05, 0.1) is 18.7 Å². The van der Waals surface area contributed by atoms with Crippen LogP contribution in [-0.4, -0.2) is 16.8 Å². The highest BCUT2D eigenvalue weighted by Gasteiger charge is 2.51. The number of nitrogens with zero attached hydrogens (tertiary/aromatic N) is 1. The van der Waals surface area contributed by atoms with Gasteiger partial charge in [-0.05, 0) is 41.0 Å². The number of hydrogen-bond donors (Lipinski definition) is 1. The Kier molecular flexibility index (Phi) is 6.20. The lowest BCUT2D eigenvalue weighted by Gasteiger charge is -2.23. The molecule has 1 amide bonds. The van der Waals surface area contributed by atoms with E-state index in [1.807, 2.05) is 60.7 Å². The summed E-state index contributed by atoms with van der Waals surface area (Å²) in [5.74, 6) is -0.921. The summed E-state index contributed by atoms with van der Waals surface area (Å²) in [5, 5.41) is 12.5. The van der Waals surface area contributed by atoms with Crippen molar-refractivity contribution in [3.8, 4) is 11.1 Å². The molecule has 0 unspecified atom stereocenters. The Morgan fingerprint density at radius 1 is 0.829 bits per heavy atom. The number of amides is 1. The van der Waals surface area contributed by atoms with Crippen molar-refractivity contribution in [2.24, 2.45) is 0 Å². The van der Waals surface area contributed by atoms with Gasteiger partial charge >= 0.3 is 0 Å². The Morgan fingerprint density at radius 2 is 1.49 bits per heavy atom. The van der Waals surface area contributed by atoms with Crippen molar-refractivity contribution in [2.45, 2.75) is 18.6 Å². The number of halogens is 2. The van der Waals surface area contributed by atoms with Gasteiger partial charge in [0, 0.05) is 21.2 Å². The van der Waals surface area contributed by atoms with Gasteiger partial charge in [0.2, 0.25) is 0 Å². The van der Waals surface area contributed by atoms with Crippen LogP contribution in [0.1, 0.15) is 27.9 Å². The topological polar surface area (TPSA) is 57.6 Å². The summed E-state index contributed by atoms with van der Waals surface area (Å²) in [6.45, 7) is 0.162. The third-order valence-corrected chi connectivity index (χ3v) is 6.91. The molecular formula is C29H21Cl2NO3. The van der Waals surface area contributed by atoms with Crippen molar-refractivity contribution in [2.75, 3.05) is 4.90 Å². The first-order valence-corrected chi connectivity index (χ1v) is 11.9. The van der Waals surface area contributed by atoms with Gasteiger partial charge in [-0.3, -0.25) is 9.59 Å². The molecule has 4 nitrogen and oxygen atoms in total. The van der Waals surface area contributed by atoms with Gasteiger partial charge < -0.3 is 10.0 Å². The van der Waals surface area contributed by atoms with Crippen LogP contribution in [0.15, 0.2) is 97.1 Å². The molecule has 5 rings (SSSR count). The molecule has 0 aliphatic carbocycles. The van der Waals surface area contributed by atoms with Crippen molar-refractivity contribution in [3.05, 3.63) is 124 Å². The smallest absolute Gasteiger partial charge is 0.264 e. The number of carbonyl (C=O) groups excluding carboxylic acids is 2. The fourth-order valence-electron chi connectivity index (χ4n) is 4.46. The minimum Gasteiger partial charge on any atom is -0.375 e. The van der Waals surface area contributed by atoms with Crippen LogP contribution in [0.25, 0.3) is 11.1 Å². The van der Waals surface area contributed by atoms with Crippen molar-refractivity contribution in [1.82, 2.24) is 0 Å². The highest BCUT2D eigenvalue weighted by atomic mass is 35.5. The van der Waals surface area contributed by atoms with Crippen molar-refractivity contribution in [1.29, 1.82) is 0 Å². The molecule has 1 atom stereocenters. The van der Waals surface area contributed by atoms with E-state index in [2.05, 4.69) is 0 Å². The fraction of sp³-hybridized carbons (Fsp3) is 0.103. The summed E-state index contributed by atoms with van der Waals surface area (Å²) < 4.78 is 0. The molecule has 35 heavy (non-hydrogen) atoms. The summed E-state index contributed by atoms with van der Waals surface area (Å²) in [6, 6.07) is 29.1. The molecule has 1 aliphatic rings. The zero-order valence-corrected chi connectivity index (χ0v) is 20.1. The van der Waals surface area contributed by atoms with Crippen molar-refractivity contribution < 1.29 is 14.7 Å². The van der Waals surface area contributed by atoms with Crippen molar-refractivity contribution >= 4 is 40.6 Å². The number of rotatable bonds is 6. The third kappa shape index (κ3) is 4.37. The number of carbonyl (C=O) groups is 2. The Morgan fingerprint density at radius 3 is 2.20 bits per heavy atom. The van der Waals surface area contributed by atoms with E-state index in [9.17, 15) is 14.7 Å². The molecule has 4 aromatic carbocycles. The van der Waals surface area contributed by atoms with E-state index < -0.39 is 17.9 Å². The first kappa shape index (κ1) is 23.3. The maximum Gasteiger partial charge on any atom is 0.264 e. The van der Waals surface area contributed by atoms with Crippen LogP contribution in [0, 0.1) is 0 Å². The maximum atomic E-state index is 13.6. The molecule has 0 spiro atoms. The summed E-state index contributed by atoms with van der Waals surface area (Å²) in [6.07, 6.45) is -0.400. The molecule has 4 aromatic rings. The highest BCUT2D eigenvalue weighted by Crippen LogP contribution is 2.45. The monoisotopic (exact) mass is 501 g/mol. The summed E-state index contributed by atoms with van der Waals surface area (Å²) in [4.78, 5) is 28.2. The Balaban J connectivity index is 1.45. The molecule has 0 fully saturated rings. The van der Waals surface area contributed by atoms with Gasteiger partial charge in [-0.1, -0.05) is 96.0 Å². The predicted molar refractivity (Wildman–Crippen MR) is 139 cm³/mol. The molecule has 1 N–H and O–H groups in total. The number of benzene rings is 4. The second-order valence-corrected chi connectivity index (χ2v) is 9.39. The standard InChI is InChI=1S/C29H21Cl2NO3/c30-23-14-15-26-24(16-23)29(35,28(34)32(26)18-22-8-4-5-9-25(22)31)17-27(33)21-12-10-20(11-13-21)19-6-2-1-3-7-19/h1-16,35H,17-18H2/t29-/m0/s1. The normalized spacial score (nSPS) is 16.9. The van der Waals surface area contributed by atoms with E-state index >= 15 is 0 Å². The molecule has 6 heteroatoms. The van der Waals surface area contributed by atoms with E-state index in [0.717, 1.165) is 16.7 Å². The van der Waals surface area contributed by atoms with Gasteiger partial charge in [0.1, 0.15) is 0 Å². The second kappa shape index (κ2) is 9.31. The fourth-order valence-corrected chi connectivity index (χ4v) is 4.83. The molecule has 0 saturated heterocycles. The van der Waals surface area contributed by atoms with E-state index in [1.54, 1.807) is 36.4 Å². The third-order valence-electron chi connectivity index (χ3n) is 6.31. The number of hydrogen-bond acceptors (Lipinski definition) is 3. The zero-order valence-electron chi connectivity index (χ0n) is 18.6. The number of ketones is 1. The van der Waals surface area contributed by atoms with E-state index in [0.29, 0.717) is 26.9 Å². The average Bonchev–Trinajstić information content (AvgIpc) is 3.07. The molecule has 1 aliphatic heterocycles. The second-order valence-electron chi connectivity index (χ2n) is 8.55. The van der Waals surface area contributed by atoms with E-state index in [4.69, 9.17) is 23.2 Å². The molecule has 0 saturated carbocycles. The average molecular weight is 502 g/mol. The molecule has 174 valence electrons. The first-order valence-electron chi connectivity index (χ1n) is 11.1. The summed E-state index contributed by atoms with van der Waals surface area (Å²) >= 11 is 12.5. The van der Waals surface area contributed by atoms with Crippen LogP contribution in [0.5, 0.6) is 0 Å². The van der Waals surface area contributed by atoms with Gasteiger partial charge in [-0.2, -0.15) is 0 Å². The van der Waals surface area contributed by atoms with Crippen LogP contribution < -0.4 is 4.90 Å².